The van der Waals surface area contributed by atoms with Gasteiger partial charge in [0.2, 0.25) is 10.0 Å². The maximum atomic E-state index is 12.9. The van der Waals surface area contributed by atoms with E-state index >= 15 is 0 Å². The Balaban J connectivity index is 2.10. The summed E-state index contributed by atoms with van der Waals surface area (Å²) in [4.78, 5) is 33.2. The first-order valence-corrected chi connectivity index (χ1v) is 11.4. The van der Waals surface area contributed by atoms with Crippen LogP contribution in [0.5, 0.6) is 0 Å². The molecule has 0 saturated carbocycles. The summed E-state index contributed by atoms with van der Waals surface area (Å²) in [7, 11) is 2.92. The van der Waals surface area contributed by atoms with Gasteiger partial charge in [0.1, 0.15) is 5.76 Å². The number of Topliss-reactive ketones (excluding diaryl/α,β-unsaturated/α-hetero) is 1. The van der Waals surface area contributed by atoms with Crippen LogP contribution < -0.4 is 0 Å². The SMILES string of the molecule is CN(C)CCN1C(=O)C(=O)/C(=C(/O)c2ccc(S(=O)(=O)N(C)C)cc2)C1c1cccnc1. The van der Waals surface area contributed by atoms with Gasteiger partial charge in [0, 0.05) is 45.1 Å². The van der Waals surface area contributed by atoms with Gasteiger partial charge >= 0.3 is 0 Å². The molecule has 1 N–H and O–H groups in total. The van der Waals surface area contributed by atoms with Crippen LogP contribution in [0.1, 0.15) is 17.2 Å². The Morgan fingerprint density at radius 3 is 2.28 bits per heavy atom. The lowest BCUT2D eigenvalue weighted by Gasteiger charge is -2.26. The van der Waals surface area contributed by atoms with Gasteiger partial charge in [-0.2, -0.15) is 0 Å². The number of carbonyl (C=O) groups excluding carboxylic acids is 2. The van der Waals surface area contributed by atoms with E-state index < -0.39 is 27.8 Å². The van der Waals surface area contributed by atoms with Crippen molar-refractivity contribution in [3.8, 4) is 0 Å². The number of hydrogen-bond donors (Lipinski definition) is 1. The molecule has 1 fully saturated rings. The van der Waals surface area contributed by atoms with E-state index in [1.807, 2.05) is 19.0 Å². The molecule has 1 aromatic carbocycles. The summed E-state index contributed by atoms with van der Waals surface area (Å²) in [6.45, 7) is 0.814. The minimum atomic E-state index is -3.64. The standard InChI is InChI=1S/C22H26N4O5S/c1-24(2)12-13-26-19(16-6-5-11-23-14-16)18(21(28)22(26)29)20(27)15-7-9-17(10-8-15)32(30,31)25(3)4/h5-11,14,19,27H,12-13H2,1-4H3/b20-18+. The van der Waals surface area contributed by atoms with Gasteiger partial charge in [-0.3, -0.25) is 14.6 Å². The van der Waals surface area contributed by atoms with Crippen LogP contribution in [0.2, 0.25) is 0 Å². The molecule has 1 aromatic heterocycles. The molecule has 0 aliphatic carbocycles. The Morgan fingerprint density at radius 1 is 1.09 bits per heavy atom. The van der Waals surface area contributed by atoms with Crippen molar-refractivity contribution in [2.45, 2.75) is 10.9 Å². The Kier molecular flexibility index (Phi) is 6.77. The van der Waals surface area contributed by atoms with Crippen molar-refractivity contribution in [1.29, 1.82) is 0 Å². The highest BCUT2D eigenvalue weighted by molar-refractivity contribution is 7.89. The van der Waals surface area contributed by atoms with E-state index in [2.05, 4.69) is 4.98 Å². The van der Waals surface area contributed by atoms with Crippen molar-refractivity contribution < 1.29 is 23.1 Å². The Labute approximate surface area is 187 Å². The molecule has 2 aromatic rings. The molecule has 1 aliphatic rings. The maximum Gasteiger partial charge on any atom is 0.295 e. The first kappa shape index (κ1) is 23.6. The van der Waals surface area contributed by atoms with Gasteiger partial charge in [-0.05, 0) is 50.0 Å². The van der Waals surface area contributed by atoms with Gasteiger partial charge < -0.3 is 14.9 Å². The zero-order valence-electron chi connectivity index (χ0n) is 18.4. The summed E-state index contributed by atoms with van der Waals surface area (Å²) in [6.07, 6.45) is 3.14. The number of benzene rings is 1. The number of amides is 1. The molecule has 1 unspecified atom stereocenters. The van der Waals surface area contributed by atoms with Crippen LogP contribution >= 0.6 is 0 Å². The van der Waals surface area contributed by atoms with Gasteiger partial charge in [0.05, 0.1) is 16.5 Å². The molecule has 32 heavy (non-hydrogen) atoms. The number of likely N-dealkylation sites (N-methyl/N-ethyl adjacent to an activating group) is 1. The largest absolute Gasteiger partial charge is 0.507 e. The molecule has 1 aliphatic heterocycles. The molecule has 0 spiro atoms. The van der Waals surface area contributed by atoms with E-state index in [0.717, 1.165) is 4.31 Å². The lowest BCUT2D eigenvalue weighted by Crippen LogP contribution is -2.35. The highest BCUT2D eigenvalue weighted by Gasteiger charge is 2.46. The number of aromatic nitrogens is 1. The summed E-state index contributed by atoms with van der Waals surface area (Å²) in [5, 5.41) is 11.0. The molecule has 0 radical (unpaired) electrons. The molecule has 10 heteroatoms. The quantitative estimate of drug-likeness (QED) is 0.378. The number of carbonyl (C=O) groups is 2. The fourth-order valence-electron chi connectivity index (χ4n) is 3.45. The molecule has 9 nitrogen and oxygen atoms in total. The van der Waals surface area contributed by atoms with Crippen LogP contribution in [0, 0.1) is 0 Å². The summed E-state index contributed by atoms with van der Waals surface area (Å²) in [5.41, 5.74) is 0.783. The van der Waals surface area contributed by atoms with Crippen molar-refractivity contribution in [3.05, 3.63) is 65.5 Å². The van der Waals surface area contributed by atoms with Crippen LogP contribution in [-0.2, 0) is 19.6 Å². The molecule has 1 saturated heterocycles. The van der Waals surface area contributed by atoms with Crippen LogP contribution in [0.4, 0.5) is 0 Å². The maximum absolute atomic E-state index is 12.9. The fourth-order valence-corrected chi connectivity index (χ4v) is 4.36. The number of hydrogen-bond acceptors (Lipinski definition) is 7. The van der Waals surface area contributed by atoms with Gasteiger partial charge in [0.15, 0.2) is 0 Å². The second-order valence-corrected chi connectivity index (χ2v) is 10.0. The number of sulfonamides is 1. The monoisotopic (exact) mass is 458 g/mol. The minimum absolute atomic E-state index is 0.0503. The van der Waals surface area contributed by atoms with E-state index in [-0.39, 0.29) is 28.3 Å². The highest BCUT2D eigenvalue weighted by atomic mass is 32.2. The van der Waals surface area contributed by atoms with Gasteiger partial charge in [-0.25, -0.2) is 12.7 Å². The van der Waals surface area contributed by atoms with Crippen molar-refractivity contribution in [1.82, 2.24) is 19.1 Å². The molecule has 2 heterocycles. The smallest absolute Gasteiger partial charge is 0.295 e. The number of likely N-dealkylation sites (tertiary alicyclic amines) is 1. The molecule has 3 rings (SSSR count). The first-order valence-electron chi connectivity index (χ1n) is 9.91. The third kappa shape index (κ3) is 4.43. The number of aliphatic hydroxyl groups excluding tert-OH is 1. The normalized spacial score (nSPS) is 18.7. The highest BCUT2D eigenvalue weighted by Crippen LogP contribution is 2.39. The summed E-state index contributed by atoms with van der Waals surface area (Å²) in [5.74, 6) is -1.85. The third-order valence-corrected chi connectivity index (χ3v) is 7.06. The molecule has 170 valence electrons. The van der Waals surface area contributed by atoms with Crippen LogP contribution in [0.3, 0.4) is 0 Å². The van der Waals surface area contributed by atoms with E-state index in [1.54, 1.807) is 24.5 Å². The van der Waals surface area contributed by atoms with Crippen LogP contribution in [0.15, 0.2) is 59.3 Å². The molecule has 1 atom stereocenters. The zero-order valence-corrected chi connectivity index (χ0v) is 19.2. The second-order valence-electron chi connectivity index (χ2n) is 7.89. The van der Waals surface area contributed by atoms with Crippen LogP contribution in [0.25, 0.3) is 5.76 Å². The number of rotatable bonds is 7. The summed E-state index contributed by atoms with van der Waals surface area (Å²) >= 11 is 0. The number of pyridine rings is 1. The van der Waals surface area contributed by atoms with Crippen molar-refractivity contribution in [2.24, 2.45) is 0 Å². The van der Waals surface area contributed by atoms with Gasteiger partial charge in [0.25, 0.3) is 11.7 Å². The zero-order chi connectivity index (χ0) is 23.6. The average molecular weight is 459 g/mol. The average Bonchev–Trinajstić information content (AvgIpc) is 3.02. The summed E-state index contributed by atoms with van der Waals surface area (Å²) in [6, 6.07) is 8.18. The van der Waals surface area contributed by atoms with Crippen molar-refractivity contribution in [3.63, 3.8) is 0 Å². The second kappa shape index (κ2) is 9.19. The molecule has 0 bridgehead atoms. The minimum Gasteiger partial charge on any atom is -0.507 e. The predicted octanol–water partition coefficient (Wildman–Crippen LogP) is 1.32. The van der Waals surface area contributed by atoms with Gasteiger partial charge in [-0.15, -0.1) is 0 Å². The van der Waals surface area contributed by atoms with Crippen molar-refractivity contribution >= 4 is 27.5 Å². The molecular weight excluding hydrogens is 432 g/mol. The van der Waals surface area contributed by atoms with E-state index in [0.29, 0.717) is 12.1 Å². The molecule has 1 amide bonds. The van der Waals surface area contributed by atoms with Gasteiger partial charge in [-0.1, -0.05) is 6.07 Å². The van der Waals surface area contributed by atoms with E-state index in [1.165, 1.54) is 43.3 Å². The van der Waals surface area contributed by atoms with Crippen molar-refractivity contribution in [2.75, 3.05) is 41.3 Å². The van der Waals surface area contributed by atoms with E-state index in [4.69, 9.17) is 0 Å². The fraction of sp³-hybridized carbons (Fsp3) is 0.318. The molecular formula is C22H26N4O5S. The topological polar surface area (TPSA) is 111 Å². The number of aliphatic hydroxyl groups is 1. The predicted molar refractivity (Wildman–Crippen MR) is 119 cm³/mol. The summed E-state index contributed by atoms with van der Waals surface area (Å²) < 4.78 is 25.7. The lowest BCUT2D eigenvalue weighted by molar-refractivity contribution is -0.140. The third-order valence-electron chi connectivity index (χ3n) is 5.23. The number of ketones is 1. The number of nitrogens with zero attached hydrogens (tertiary/aromatic N) is 4. The Morgan fingerprint density at radius 2 is 1.75 bits per heavy atom. The Hall–Kier alpha value is -3.08. The van der Waals surface area contributed by atoms with Crippen LogP contribution in [-0.4, -0.2) is 85.6 Å². The lowest BCUT2D eigenvalue weighted by atomic mass is 9.96. The van der Waals surface area contributed by atoms with E-state index in [9.17, 15) is 23.1 Å². The first-order chi connectivity index (χ1) is 15.1. The Bertz CT molecular complexity index is 1140.